The smallest absolute Gasteiger partial charge is 0.238 e. The van der Waals surface area contributed by atoms with E-state index in [0.717, 1.165) is 16.8 Å². The van der Waals surface area contributed by atoms with Crippen LogP contribution in [-0.2, 0) is 4.79 Å². The minimum Gasteiger partial charge on any atom is -0.310 e. The fraction of sp³-hybridized carbons (Fsp3) is 0.235. The molecule has 0 aliphatic heterocycles. The van der Waals surface area contributed by atoms with E-state index < -0.39 is 5.25 Å². The Morgan fingerprint density at radius 3 is 2.81 bits per heavy atom. The summed E-state index contributed by atoms with van der Waals surface area (Å²) < 4.78 is 1.65. The summed E-state index contributed by atoms with van der Waals surface area (Å²) in [4.78, 5) is 16.5. The van der Waals surface area contributed by atoms with E-state index in [1.54, 1.807) is 23.7 Å². The maximum atomic E-state index is 12.4. The molecule has 3 rings (SSSR count). The van der Waals surface area contributed by atoms with E-state index in [4.69, 9.17) is 11.6 Å². The van der Waals surface area contributed by atoms with Gasteiger partial charge in [-0.2, -0.15) is 4.68 Å². The van der Waals surface area contributed by atoms with Crippen LogP contribution in [0.3, 0.4) is 0 Å². The summed E-state index contributed by atoms with van der Waals surface area (Å²) in [6.45, 7) is 5.79. The number of nitrogens with one attached hydrogen (secondary N) is 1. The van der Waals surface area contributed by atoms with Crippen LogP contribution in [0.5, 0.6) is 0 Å². The Labute approximate surface area is 160 Å². The molecule has 1 atom stereocenters. The number of hydrogen-bond acceptors (Lipinski definition) is 6. The lowest BCUT2D eigenvalue weighted by Crippen LogP contribution is -2.23. The third-order valence-corrected chi connectivity index (χ3v) is 4.92. The molecule has 9 heteroatoms. The maximum Gasteiger partial charge on any atom is 0.238 e. The molecule has 1 aromatic carbocycles. The van der Waals surface area contributed by atoms with Crippen molar-refractivity contribution in [3.63, 3.8) is 0 Å². The summed E-state index contributed by atoms with van der Waals surface area (Å²) in [5.74, 6) is 0.251. The first-order chi connectivity index (χ1) is 12.4. The number of hydrogen-bond donors (Lipinski definition) is 1. The number of carbonyl (C=O) groups excluding carboxylic acids is 1. The molecule has 2 heterocycles. The van der Waals surface area contributed by atoms with Crippen LogP contribution in [0.15, 0.2) is 41.7 Å². The van der Waals surface area contributed by atoms with Crippen molar-refractivity contribution in [1.82, 2.24) is 25.2 Å². The summed E-state index contributed by atoms with van der Waals surface area (Å²) in [7, 11) is 0. The van der Waals surface area contributed by atoms with Crippen molar-refractivity contribution in [3.05, 3.63) is 52.7 Å². The molecule has 0 radical (unpaired) electrons. The molecule has 1 N–H and O–H groups in total. The van der Waals surface area contributed by atoms with Crippen LogP contribution >= 0.6 is 23.4 Å². The summed E-state index contributed by atoms with van der Waals surface area (Å²) >= 11 is 7.08. The second-order valence-corrected chi connectivity index (χ2v) is 7.52. The van der Waals surface area contributed by atoms with Gasteiger partial charge in [0, 0.05) is 6.20 Å². The van der Waals surface area contributed by atoms with E-state index in [0.29, 0.717) is 16.0 Å². The average molecular weight is 389 g/mol. The molecule has 0 bridgehead atoms. The first-order valence-corrected chi connectivity index (χ1v) is 9.15. The van der Waals surface area contributed by atoms with Gasteiger partial charge in [-0.1, -0.05) is 35.5 Å². The number of pyridine rings is 1. The van der Waals surface area contributed by atoms with E-state index in [1.807, 2.05) is 32.0 Å². The Kier molecular flexibility index (Phi) is 5.53. The SMILES string of the molecule is Cc1ccc(C)c(-n2nnnc2S[C@H](C)C(=O)Nc2ccc(Cl)cn2)c1. The molecular weight excluding hydrogens is 372 g/mol. The molecule has 0 unspecified atom stereocenters. The third-order valence-electron chi connectivity index (χ3n) is 3.66. The number of aryl methyl sites for hydroxylation is 2. The molecule has 3 aromatic rings. The van der Waals surface area contributed by atoms with Gasteiger partial charge in [0.1, 0.15) is 5.82 Å². The summed E-state index contributed by atoms with van der Waals surface area (Å²) in [6, 6.07) is 9.38. The van der Waals surface area contributed by atoms with Gasteiger partial charge in [-0.05, 0) is 60.5 Å². The molecule has 1 amide bonds. The van der Waals surface area contributed by atoms with Crippen LogP contribution in [-0.4, -0.2) is 36.3 Å². The number of rotatable bonds is 5. The molecule has 0 spiro atoms. The minimum atomic E-state index is -0.414. The molecule has 0 fully saturated rings. The van der Waals surface area contributed by atoms with Crippen LogP contribution in [0.2, 0.25) is 5.02 Å². The predicted molar refractivity (Wildman–Crippen MR) is 102 cm³/mol. The molecule has 0 saturated heterocycles. The zero-order valence-electron chi connectivity index (χ0n) is 14.5. The summed E-state index contributed by atoms with van der Waals surface area (Å²) in [5, 5.41) is 15.3. The monoisotopic (exact) mass is 388 g/mol. The average Bonchev–Trinajstić information content (AvgIpc) is 3.07. The summed E-state index contributed by atoms with van der Waals surface area (Å²) in [5.41, 5.74) is 3.05. The first kappa shape index (κ1) is 18.3. The van der Waals surface area contributed by atoms with Gasteiger partial charge in [0.25, 0.3) is 0 Å². The molecule has 0 saturated carbocycles. The lowest BCUT2D eigenvalue weighted by molar-refractivity contribution is -0.115. The maximum absolute atomic E-state index is 12.4. The molecule has 2 aromatic heterocycles. The van der Waals surface area contributed by atoms with Gasteiger partial charge < -0.3 is 5.32 Å². The van der Waals surface area contributed by atoms with Crippen LogP contribution in [0.25, 0.3) is 5.69 Å². The Balaban J connectivity index is 1.75. The Morgan fingerprint density at radius 1 is 1.27 bits per heavy atom. The quantitative estimate of drug-likeness (QED) is 0.674. The van der Waals surface area contributed by atoms with Crippen LogP contribution < -0.4 is 5.32 Å². The Morgan fingerprint density at radius 2 is 2.08 bits per heavy atom. The minimum absolute atomic E-state index is 0.194. The van der Waals surface area contributed by atoms with Crippen molar-refractivity contribution in [2.24, 2.45) is 0 Å². The number of thioether (sulfide) groups is 1. The van der Waals surface area contributed by atoms with Gasteiger partial charge in [-0.15, -0.1) is 5.10 Å². The number of aromatic nitrogens is 5. The van der Waals surface area contributed by atoms with Crippen molar-refractivity contribution in [2.45, 2.75) is 31.2 Å². The first-order valence-electron chi connectivity index (χ1n) is 7.89. The molecule has 0 aliphatic rings. The van der Waals surface area contributed by atoms with Gasteiger partial charge >= 0.3 is 0 Å². The fourth-order valence-corrected chi connectivity index (χ4v) is 3.15. The largest absolute Gasteiger partial charge is 0.310 e. The van der Waals surface area contributed by atoms with E-state index in [-0.39, 0.29) is 5.91 Å². The summed E-state index contributed by atoms with van der Waals surface area (Å²) in [6.07, 6.45) is 1.48. The van der Waals surface area contributed by atoms with Crippen LogP contribution in [0, 0.1) is 13.8 Å². The van der Waals surface area contributed by atoms with Gasteiger partial charge in [-0.3, -0.25) is 4.79 Å². The van der Waals surface area contributed by atoms with Crippen LogP contribution in [0.1, 0.15) is 18.1 Å². The third kappa shape index (κ3) is 4.20. The molecule has 134 valence electrons. The lowest BCUT2D eigenvalue weighted by atomic mass is 10.1. The van der Waals surface area contributed by atoms with E-state index in [1.165, 1.54) is 18.0 Å². The van der Waals surface area contributed by atoms with Crippen molar-refractivity contribution >= 4 is 35.1 Å². The Hall–Kier alpha value is -2.45. The number of halogens is 1. The topological polar surface area (TPSA) is 85.6 Å². The lowest BCUT2D eigenvalue weighted by Gasteiger charge is -2.12. The van der Waals surface area contributed by atoms with Crippen molar-refractivity contribution in [1.29, 1.82) is 0 Å². The highest BCUT2D eigenvalue weighted by atomic mass is 35.5. The number of carbonyl (C=O) groups is 1. The standard InChI is InChI=1S/C17H17ClN6OS/c1-10-4-5-11(2)14(8-10)24-17(21-22-23-24)26-12(3)16(25)20-15-7-6-13(18)9-19-15/h4-9,12H,1-3H3,(H,19,20,25)/t12-/m1/s1. The zero-order valence-corrected chi connectivity index (χ0v) is 16.0. The highest BCUT2D eigenvalue weighted by molar-refractivity contribution is 8.00. The van der Waals surface area contributed by atoms with E-state index >= 15 is 0 Å². The highest BCUT2D eigenvalue weighted by Crippen LogP contribution is 2.25. The van der Waals surface area contributed by atoms with Crippen molar-refractivity contribution in [2.75, 3.05) is 5.32 Å². The van der Waals surface area contributed by atoms with Crippen molar-refractivity contribution < 1.29 is 4.79 Å². The Bertz CT molecular complexity index is 927. The van der Waals surface area contributed by atoms with Gasteiger partial charge in [-0.25, -0.2) is 4.98 Å². The molecular formula is C17H17ClN6OS. The zero-order chi connectivity index (χ0) is 18.7. The second-order valence-electron chi connectivity index (χ2n) is 5.77. The molecule has 0 aliphatic carbocycles. The molecule has 26 heavy (non-hydrogen) atoms. The number of anilines is 1. The normalized spacial score (nSPS) is 12.0. The van der Waals surface area contributed by atoms with Crippen LogP contribution in [0.4, 0.5) is 5.82 Å². The van der Waals surface area contributed by atoms with E-state index in [9.17, 15) is 4.79 Å². The molecule has 7 nitrogen and oxygen atoms in total. The number of nitrogens with zero attached hydrogens (tertiary/aromatic N) is 5. The van der Waals surface area contributed by atoms with Gasteiger partial charge in [0.15, 0.2) is 0 Å². The predicted octanol–water partition coefficient (Wildman–Crippen LogP) is 3.45. The van der Waals surface area contributed by atoms with Gasteiger partial charge in [0.05, 0.1) is 16.0 Å². The highest BCUT2D eigenvalue weighted by Gasteiger charge is 2.20. The van der Waals surface area contributed by atoms with E-state index in [2.05, 4.69) is 25.8 Å². The fourth-order valence-electron chi connectivity index (χ4n) is 2.24. The van der Waals surface area contributed by atoms with Gasteiger partial charge in [0.2, 0.25) is 11.1 Å². The van der Waals surface area contributed by atoms with Crippen molar-refractivity contribution in [3.8, 4) is 5.69 Å². The number of tetrazole rings is 1. The number of benzene rings is 1. The number of amides is 1. The second kappa shape index (κ2) is 7.84.